The van der Waals surface area contributed by atoms with Gasteiger partial charge in [0.25, 0.3) is 0 Å². The van der Waals surface area contributed by atoms with Crippen LogP contribution in [0.2, 0.25) is 0 Å². The van der Waals surface area contributed by atoms with Gasteiger partial charge in [-0.3, -0.25) is 14.4 Å². The summed E-state index contributed by atoms with van der Waals surface area (Å²) in [6, 6.07) is 15.7. The predicted octanol–water partition coefficient (Wildman–Crippen LogP) is 4.57. The van der Waals surface area contributed by atoms with Gasteiger partial charge in [0.15, 0.2) is 11.7 Å². The zero-order chi connectivity index (χ0) is 23.0. The van der Waals surface area contributed by atoms with Crippen molar-refractivity contribution < 1.29 is 28.6 Å². The van der Waals surface area contributed by atoms with E-state index < -0.39 is 36.0 Å². The van der Waals surface area contributed by atoms with Crippen LogP contribution in [0.3, 0.4) is 0 Å². The third-order valence-corrected chi connectivity index (χ3v) is 4.66. The lowest BCUT2D eigenvalue weighted by atomic mass is 9.81. The minimum absolute atomic E-state index is 0.0542. The van der Waals surface area contributed by atoms with Crippen molar-refractivity contribution in [2.24, 2.45) is 5.92 Å². The quantitative estimate of drug-likeness (QED) is 0.315. The van der Waals surface area contributed by atoms with Crippen molar-refractivity contribution in [2.75, 3.05) is 7.11 Å². The van der Waals surface area contributed by atoms with Crippen molar-refractivity contribution in [3.63, 3.8) is 0 Å². The lowest BCUT2D eigenvalue weighted by Gasteiger charge is -2.26. The van der Waals surface area contributed by atoms with Crippen molar-refractivity contribution >= 4 is 17.7 Å². The van der Waals surface area contributed by atoms with Crippen LogP contribution >= 0.6 is 0 Å². The average Bonchev–Trinajstić information content (AvgIpc) is 2.72. The Bertz CT molecular complexity index is 849. The molecule has 0 aromatic heterocycles. The molecule has 0 amide bonds. The minimum Gasteiger partial charge on any atom is -0.497 e. The van der Waals surface area contributed by atoms with Gasteiger partial charge in [-0.25, -0.2) is 0 Å². The highest BCUT2D eigenvalue weighted by atomic mass is 16.6. The number of hydrogen-bond acceptors (Lipinski definition) is 6. The summed E-state index contributed by atoms with van der Waals surface area (Å²) in [6.45, 7) is 6.83. The summed E-state index contributed by atoms with van der Waals surface area (Å²) in [6.07, 6.45) is -0.882. The van der Waals surface area contributed by atoms with Gasteiger partial charge in [0.1, 0.15) is 5.75 Å². The van der Waals surface area contributed by atoms with Crippen LogP contribution < -0.4 is 4.74 Å². The molecule has 0 aliphatic heterocycles. The number of ketones is 1. The molecule has 6 heteroatoms. The first-order valence-electron chi connectivity index (χ1n) is 10.4. The van der Waals surface area contributed by atoms with Gasteiger partial charge in [-0.05, 0) is 45.4 Å². The summed E-state index contributed by atoms with van der Waals surface area (Å²) in [5.74, 6) is -2.99. The highest BCUT2D eigenvalue weighted by molar-refractivity contribution is 6.00. The Morgan fingerprint density at radius 1 is 0.774 bits per heavy atom. The van der Waals surface area contributed by atoms with Gasteiger partial charge in [0, 0.05) is 17.9 Å². The molecule has 0 saturated heterocycles. The fraction of sp³-hybridized carbons (Fsp3) is 0.400. The number of Topliss-reactive ketones (excluding diaryl/α,β-unsaturated/α-hetero) is 1. The SMILES string of the molecule is COc1ccc([C@@H](CC(=O)c2ccccc2)C(C(=O)OC(C)C)C(=O)OC(C)C)cc1. The minimum atomic E-state index is -1.27. The first-order chi connectivity index (χ1) is 14.7. The Hall–Kier alpha value is -3.15. The summed E-state index contributed by atoms with van der Waals surface area (Å²) in [5, 5.41) is 0. The predicted molar refractivity (Wildman–Crippen MR) is 117 cm³/mol. The number of hydrogen-bond donors (Lipinski definition) is 0. The van der Waals surface area contributed by atoms with E-state index in [0.717, 1.165) is 0 Å². The Kier molecular flexibility index (Phi) is 8.79. The fourth-order valence-electron chi connectivity index (χ4n) is 3.26. The van der Waals surface area contributed by atoms with Crippen molar-refractivity contribution in [3.05, 3.63) is 65.7 Å². The van der Waals surface area contributed by atoms with Crippen LogP contribution in [0, 0.1) is 5.92 Å². The van der Waals surface area contributed by atoms with Crippen molar-refractivity contribution in [1.82, 2.24) is 0 Å². The lowest BCUT2D eigenvalue weighted by molar-refractivity contribution is -0.167. The summed E-state index contributed by atoms with van der Waals surface area (Å²) in [7, 11) is 1.55. The molecule has 0 unspecified atom stereocenters. The number of ether oxygens (including phenoxy) is 3. The number of benzene rings is 2. The summed E-state index contributed by atoms with van der Waals surface area (Å²) in [4.78, 5) is 39.0. The van der Waals surface area contributed by atoms with E-state index >= 15 is 0 Å². The van der Waals surface area contributed by atoms with Crippen LogP contribution in [0.25, 0.3) is 0 Å². The molecule has 166 valence electrons. The molecule has 0 N–H and O–H groups in total. The Morgan fingerprint density at radius 3 is 1.74 bits per heavy atom. The average molecular weight is 427 g/mol. The van der Waals surface area contributed by atoms with Crippen LogP contribution in [0.15, 0.2) is 54.6 Å². The number of methoxy groups -OCH3 is 1. The van der Waals surface area contributed by atoms with E-state index in [1.807, 2.05) is 6.07 Å². The highest BCUT2D eigenvalue weighted by Crippen LogP contribution is 2.33. The normalized spacial score (nSPS) is 12.0. The molecule has 1 atom stereocenters. The third-order valence-electron chi connectivity index (χ3n) is 4.66. The molecule has 0 heterocycles. The second-order valence-electron chi connectivity index (χ2n) is 7.82. The number of carbonyl (C=O) groups is 3. The highest BCUT2D eigenvalue weighted by Gasteiger charge is 2.40. The summed E-state index contributed by atoms with van der Waals surface area (Å²) in [5.41, 5.74) is 1.16. The molecule has 2 rings (SSSR count). The molecule has 0 spiro atoms. The van der Waals surface area contributed by atoms with Gasteiger partial charge in [-0.15, -0.1) is 0 Å². The van der Waals surface area contributed by atoms with E-state index in [0.29, 0.717) is 16.9 Å². The van der Waals surface area contributed by atoms with Crippen LogP contribution in [0.4, 0.5) is 0 Å². The van der Waals surface area contributed by atoms with Gasteiger partial charge < -0.3 is 14.2 Å². The van der Waals surface area contributed by atoms with Crippen LogP contribution in [-0.2, 0) is 19.1 Å². The molecule has 0 fully saturated rings. The molecule has 6 nitrogen and oxygen atoms in total. The fourth-order valence-corrected chi connectivity index (χ4v) is 3.26. The van der Waals surface area contributed by atoms with E-state index in [1.165, 1.54) is 0 Å². The molecule has 2 aromatic rings. The Labute approximate surface area is 183 Å². The van der Waals surface area contributed by atoms with E-state index in [4.69, 9.17) is 14.2 Å². The maximum Gasteiger partial charge on any atom is 0.321 e. The molecule has 2 aromatic carbocycles. The standard InChI is InChI=1S/C25H30O6/c1-16(2)30-24(27)23(25(28)31-17(3)4)21(18-11-13-20(29-5)14-12-18)15-22(26)19-9-7-6-8-10-19/h6-14,16-17,21,23H,15H2,1-5H3/t21-/m1/s1. The molecular formula is C25H30O6. The second-order valence-corrected chi connectivity index (χ2v) is 7.82. The van der Waals surface area contributed by atoms with Gasteiger partial charge in [0.05, 0.1) is 19.3 Å². The Balaban J connectivity index is 2.49. The van der Waals surface area contributed by atoms with E-state index in [-0.39, 0.29) is 12.2 Å². The molecule has 0 aliphatic rings. The van der Waals surface area contributed by atoms with Crippen LogP contribution in [0.5, 0.6) is 5.75 Å². The Morgan fingerprint density at radius 2 is 1.29 bits per heavy atom. The first kappa shape index (κ1) is 24.1. The van der Waals surface area contributed by atoms with Crippen molar-refractivity contribution in [3.8, 4) is 5.75 Å². The zero-order valence-electron chi connectivity index (χ0n) is 18.7. The topological polar surface area (TPSA) is 78.9 Å². The van der Waals surface area contributed by atoms with E-state index in [1.54, 1.807) is 83.3 Å². The van der Waals surface area contributed by atoms with Crippen molar-refractivity contribution in [2.45, 2.75) is 52.2 Å². The number of carbonyl (C=O) groups excluding carboxylic acids is 3. The van der Waals surface area contributed by atoms with Gasteiger partial charge in [-0.1, -0.05) is 42.5 Å². The van der Waals surface area contributed by atoms with E-state index in [9.17, 15) is 14.4 Å². The molecule has 0 bridgehead atoms. The lowest BCUT2D eigenvalue weighted by Crippen LogP contribution is -2.36. The van der Waals surface area contributed by atoms with Gasteiger partial charge in [0.2, 0.25) is 0 Å². The zero-order valence-corrected chi connectivity index (χ0v) is 18.7. The maximum absolute atomic E-state index is 13.0. The number of rotatable bonds is 10. The molecular weight excluding hydrogens is 396 g/mol. The molecule has 31 heavy (non-hydrogen) atoms. The number of esters is 2. The third kappa shape index (κ3) is 6.95. The summed E-state index contributed by atoms with van der Waals surface area (Å²) >= 11 is 0. The maximum atomic E-state index is 13.0. The molecule has 0 aliphatic carbocycles. The van der Waals surface area contributed by atoms with Gasteiger partial charge in [-0.2, -0.15) is 0 Å². The van der Waals surface area contributed by atoms with E-state index in [2.05, 4.69) is 0 Å². The summed E-state index contributed by atoms with van der Waals surface area (Å²) < 4.78 is 16.0. The largest absolute Gasteiger partial charge is 0.497 e. The van der Waals surface area contributed by atoms with Crippen LogP contribution in [-0.4, -0.2) is 37.0 Å². The smallest absolute Gasteiger partial charge is 0.321 e. The van der Waals surface area contributed by atoms with Gasteiger partial charge >= 0.3 is 11.9 Å². The van der Waals surface area contributed by atoms with Crippen molar-refractivity contribution in [1.29, 1.82) is 0 Å². The second kappa shape index (κ2) is 11.3. The molecule has 0 saturated carbocycles. The van der Waals surface area contributed by atoms with Crippen LogP contribution in [0.1, 0.15) is 56.0 Å². The first-order valence-corrected chi connectivity index (χ1v) is 10.4. The monoisotopic (exact) mass is 426 g/mol. The molecule has 0 radical (unpaired) electrons.